The summed E-state index contributed by atoms with van der Waals surface area (Å²) in [6, 6.07) is 5.80. The third-order valence-corrected chi connectivity index (χ3v) is 4.89. The first kappa shape index (κ1) is 14.0. The van der Waals surface area contributed by atoms with Crippen LogP contribution in [0.1, 0.15) is 37.4 Å². The standard InChI is InChI=1S/C15H17BrClN3/c1-20-14(18)13(11-7-6-10(16)8-12(11)17)19-15(20)9-4-2-3-5-9/h6-9H,2-5,18H2,1H3. The first-order valence-corrected chi connectivity index (χ1v) is 8.02. The Labute approximate surface area is 132 Å². The Hall–Kier alpha value is -1.00. The summed E-state index contributed by atoms with van der Waals surface area (Å²) in [5.74, 6) is 2.32. The zero-order valence-corrected chi connectivity index (χ0v) is 13.7. The van der Waals surface area contributed by atoms with Gasteiger partial charge in [0.2, 0.25) is 0 Å². The molecule has 1 saturated carbocycles. The molecule has 0 atom stereocenters. The van der Waals surface area contributed by atoms with Crippen LogP contribution in [0, 0.1) is 0 Å². The molecule has 2 aromatic rings. The number of hydrogen-bond acceptors (Lipinski definition) is 2. The van der Waals surface area contributed by atoms with E-state index in [9.17, 15) is 0 Å². The van der Waals surface area contributed by atoms with Gasteiger partial charge in [0.25, 0.3) is 0 Å². The van der Waals surface area contributed by atoms with Crippen LogP contribution in [-0.2, 0) is 7.05 Å². The highest BCUT2D eigenvalue weighted by Crippen LogP contribution is 2.38. The van der Waals surface area contributed by atoms with E-state index in [1.807, 2.05) is 29.8 Å². The van der Waals surface area contributed by atoms with Crippen LogP contribution < -0.4 is 5.73 Å². The quantitative estimate of drug-likeness (QED) is 0.846. The van der Waals surface area contributed by atoms with Gasteiger partial charge < -0.3 is 10.3 Å². The number of aromatic nitrogens is 2. The van der Waals surface area contributed by atoms with E-state index in [2.05, 4.69) is 15.9 Å². The molecule has 106 valence electrons. The van der Waals surface area contributed by atoms with Crippen molar-refractivity contribution in [3.63, 3.8) is 0 Å². The Morgan fingerprint density at radius 1 is 1.35 bits per heavy atom. The third-order valence-electron chi connectivity index (χ3n) is 4.08. The van der Waals surface area contributed by atoms with E-state index in [1.54, 1.807) is 0 Å². The number of nitrogens with zero attached hydrogens (tertiary/aromatic N) is 2. The van der Waals surface area contributed by atoms with Gasteiger partial charge in [-0.15, -0.1) is 0 Å². The second-order valence-electron chi connectivity index (χ2n) is 5.37. The molecule has 3 rings (SSSR count). The minimum Gasteiger partial charge on any atom is -0.383 e. The van der Waals surface area contributed by atoms with E-state index in [0.29, 0.717) is 16.8 Å². The summed E-state index contributed by atoms with van der Waals surface area (Å²) >= 11 is 9.74. The Balaban J connectivity index is 2.07. The van der Waals surface area contributed by atoms with Gasteiger partial charge in [0.1, 0.15) is 17.3 Å². The molecule has 1 aliphatic carbocycles. The fraction of sp³-hybridized carbons (Fsp3) is 0.400. The smallest absolute Gasteiger partial charge is 0.131 e. The first-order chi connectivity index (χ1) is 9.58. The Morgan fingerprint density at radius 2 is 2.05 bits per heavy atom. The SMILES string of the molecule is Cn1c(C2CCCC2)nc(-c2ccc(Br)cc2Cl)c1N. The van der Waals surface area contributed by atoms with Crippen LogP contribution in [0.25, 0.3) is 11.3 Å². The van der Waals surface area contributed by atoms with Crippen molar-refractivity contribution in [2.24, 2.45) is 7.05 Å². The number of rotatable bonds is 2. The topological polar surface area (TPSA) is 43.8 Å². The van der Waals surface area contributed by atoms with Crippen LogP contribution in [0.15, 0.2) is 22.7 Å². The largest absolute Gasteiger partial charge is 0.383 e. The molecule has 1 aromatic heterocycles. The van der Waals surface area contributed by atoms with Crippen LogP contribution in [0.4, 0.5) is 5.82 Å². The molecule has 5 heteroatoms. The van der Waals surface area contributed by atoms with Gasteiger partial charge in [-0.05, 0) is 25.0 Å². The van der Waals surface area contributed by atoms with Crippen molar-refractivity contribution in [1.82, 2.24) is 9.55 Å². The molecule has 1 aliphatic rings. The van der Waals surface area contributed by atoms with Crippen molar-refractivity contribution in [3.8, 4) is 11.3 Å². The molecule has 20 heavy (non-hydrogen) atoms. The fourth-order valence-corrected chi connectivity index (χ4v) is 3.72. The van der Waals surface area contributed by atoms with Gasteiger partial charge in [0.15, 0.2) is 0 Å². The number of anilines is 1. The van der Waals surface area contributed by atoms with Crippen molar-refractivity contribution < 1.29 is 0 Å². The summed E-state index contributed by atoms with van der Waals surface area (Å²) < 4.78 is 2.97. The maximum atomic E-state index is 6.32. The lowest BCUT2D eigenvalue weighted by Crippen LogP contribution is -2.05. The van der Waals surface area contributed by atoms with Crippen molar-refractivity contribution in [1.29, 1.82) is 0 Å². The molecule has 1 aromatic carbocycles. The average Bonchev–Trinajstić information content (AvgIpc) is 3.01. The summed E-state index contributed by atoms with van der Waals surface area (Å²) in [5, 5.41) is 0.669. The van der Waals surface area contributed by atoms with Gasteiger partial charge in [-0.25, -0.2) is 4.98 Å². The van der Waals surface area contributed by atoms with Gasteiger partial charge in [-0.3, -0.25) is 0 Å². The predicted molar refractivity (Wildman–Crippen MR) is 87.0 cm³/mol. The summed E-state index contributed by atoms with van der Waals surface area (Å²) in [7, 11) is 1.99. The minimum atomic E-state index is 0.533. The van der Waals surface area contributed by atoms with E-state index >= 15 is 0 Å². The van der Waals surface area contributed by atoms with Gasteiger partial charge in [0, 0.05) is 23.0 Å². The van der Waals surface area contributed by atoms with Crippen molar-refractivity contribution in [2.75, 3.05) is 5.73 Å². The Kier molecular flexibility index (Phi) is 3.78. The van der Waals surface area contributed by atoms with E-state index in [1.165, 1.54) is 25.7 Å². The monoisotopic (exact) mass is 353 g/mol. The first-order valence-electron chi connectivity index (χ1n) is 6.85. The second-order valence-corrected chi connectivity index (χ2v) is 6.69. The summed E-state index contributed by atoms with van der Waals surface area (Å²) in [4.78, 5) is 4.79. The van der Waals surface area contributed by atoms with Gasteiger partial charge >= 0.3 is 0 Å². The zero-order valence-electron chi connectivity index (χ0n) is 11.4. The number of halogens is 2. The van der Waals surface area contributed by atoms with Crippen LogP contribution in [0.3, 0.4) is 0 Å². The molecule has 0 bridgehead atoms. The molecule has 0 amide bonds. The predicted octanol–water partition coefficient (Wildman–Crippen LogP) is 4.74. The normalized spacial score (nSPS) is 15.9. The lowest BCUT2D eigenvalue weighted by atomic mass is 10.1. The van der Waals surface area contributed by atoms with Crippen LogP contribution in [0.2, 0.25) is 5.02 Å². The van der Waals surface area contributed by atoms with Crippen LogP contribution >= 0.6 is 27.5 Å². The second kappa shape index (κ2) is 5.41. The molecular formula is C15H17BrClN3. The number of nitrogens with two attached hydrogens (primary N) is 1. The summed E-state index contributed by atoms with van der Waals surface area (Å²) in [6.07, 6.45) is 4.98. The number of hydrogen-bond donors (Lipinski definition) is 1. The highest BCUT2D eigenvalue weighted by atomic mass is 79.9. The molecule has 1 fully saturated rings. The lowest BCUT2D eigenvalue weighted by Gasteiger charge is -2.08. The molecule has 0 radical (unpaired) electrons. The van der Waals surface area contributed by atoms with Gasteiger partial charge in [-0.1, -0.05) is 46.4 Å². The number of nitrogen functional groups attached to an aromatic ring is 1. The Morgan fingerprint density at radius 3 is 2.70 bits per heavy atom. The molecule has 0 unspecified atom stereocenters. The summed E-state index contributed by atoms with van der Waals surface area (Å²) in [6.45, 7) is 0. The summed E-state index contributed by atoms with van der Waals surface area (Å²) in [5.41, 5.74) is 7.93. The minimum absolute atomic E-state index is 0.533. The van der Waals surface area contributed by atoms with Gasteiger partial charge in [0.05, 0.1) is 5.02 Å². The molecule has 2 N–H and O–H groups in total. The van der Waals surface area contributed by atoms with Crippen LogP contribution in [0.5, 0.6) is 0 Å². The number of benzene rings is 1. The maximum absolute atomic E-state index is 6.32. The highest BCUT2D eigenvalue weighted by molar-refractivity contribution is 9.10. The van der Waals surface area contributed by atoms with Crippen LogP contribution in [-0.4, -0.2) is 9.55 Å². The van der Waals surface area contributed by atoms with E-state index in [4.69, 9.17) is 22.3 Å². The van der Waals surface area contributed by atoms with E-state index in [-0.39, 0.29) is 0 Å². The molecule has 0 aliphatic heterocycles. The third kappa shape index (κ3) is 2.35. The zero-order chi connectivity index (χ0) is 14.3. The van der Waals surface area contributed by atoms with Gasteiger partial charge in [-0.2, -0.15) is 0 Å². The number of imidazole rings is 1. The fourth-order valence-electron chi connectivity index (χ4n) is 2.96. The van der Waals surface area contributed by atoms with Crippen molar-refractivity contribution >= 4 is 33.3 Å². The average molecular weight is 355 g/mol. The van der Waals surface area contributed by atoms with E-state index in [0.717, 1.165) is 21.6 Å². The maximum Gasteiger partial charge on any atom is 0.131 e. The lowest BCUT2D eigenvalue weighted by molar-refractivity contribution is 0.635. The highest BCUT2D eigenvalue weighted by Gasteiger charge is 2.25. The molecule has 1 heterocycles. The van der Waals surface area contributed by atoms with E-state index < -0.39 is 0 Å². The Bertz CT molecular complexity index is 645. The molecular weight excluding hydrogens is 338 g/mol. The molecule has 0 spiro atoms. The molecule has 3 nitrogen and oxygen atoms in total. The van der Waals surface area contributed by atoms with Crippen molar-refractivity contribution in [3.05, 3.63) is 33.5 Å². The van der Waals surface area contributed by atoms with Crippen molar-refractivity contribution in [2.45, 2.75) is 31.6 Å². The molecule has 0 saturated heterocycles.